The predicted molar refractivity (Wildman–Crippen MR) is 99.4 cm³/mol. The Morgan fingerprint density at radius 3 is 2.47 bits per heavy atom. The third-order valence-electron chi connectivity index (χ3n) is 4.89. The van der Waals surface area contributed by atoms with Crippen LogP contribution >= 0.6 is 0 Å². The summed E-state index contributed by atoms with van der Waals surface area (Å²) >= 11 is 0. The van der Waals surface area contributed by atoms with Crippen molar-refractivity contribution in [1.82, 2.24) is 14.9 Å². The second-order valence-electron chi connectivity index (χ2n) is 6.78. The number of anilines is 1. The summed E-state index contributed by atoms with van der Waals surface area (Å²) in [5.41, 5.74) is -8.59. The highest BCUT2D eigenvalue weighted by atomic mass is 19.4. The van der Waals surface area contributed by atoms with Crippen LogP contribution in [0.15, 0.2) is 56.7 Å². The minimum Gasteiger partial charge on any atom is -0.467 e. The van der Waals surface area contributed by atoms with Gasteiger partial charge in [-0.05, 0) is 24.3 Å². The minimum absolute atomic E-state index is 0.135. The van der Waals surface area contributed by atoms with E-state index in [0.29, 0.717) is 4.57 Å². The van der Waals surface area contributed by atoms with Crippen LogP contribution in [-0.4, -0.2) is 27.5 Å². The van der Waals surface area contributed by atoms with Crippen LogP contribution in [0.4, 0.5) is 23.4 Å². The summed E-state index contributed by atoms with van der Waals surface area (Å²) in [6.45, 7) is -0.430. The Morgan fingerprint density at radius 1 is 1.12 bits per heavy atom. The van der Waals surface area contributed by atoms with Gasteiger partial charge in [0.15, 0.2) is 0 Å². The molecular formula is C19H12F4N4O5. The summed E-state index contributed by atoms with van der Waals surface area (Å²) in [4.78, 5) is 51.6. The topological polar surface area (TPSA) is 126 Å². The van der Waals surface area contributed by atoms with Gasteiger partial charge in [-0.3, -0.25) is 23.9 Å². The maximum Gasteiger partial charge on any atom is 0.425 e. The van der Waals surface area contributed by atoms with Gasteiger partial charge in [0.05, 0.1) is 18.4 Å². The van der Waals surface area contributed by atoms with Crippen molar-refractivity contribution in [3.8, 4) is 0 Å². The van der Waals surface area contributed by atoms with E-state index < -0.39 is 64.1 Å². The van der Waals surface area contributed by atoms with Crippen LogP contribution in [0.25, 0.3) is 0 Å². The second-order valence-corrected chi connectivity index (χ2v) is 6.78. The zero-order valence-electron chi connectivity index (χ0n) is 15.7. The number of rotatable bonds is 4. The van der Waals surface area contributed by atoms with E-state index in [1.807, 2.05) is 5.32 Å². The minimum atomic E-state index is -5.54. The number of hydrogen-bond donors (Lipinski definition) is 3. The van der Waals surface area contributed by atoms with Gasteiger partial charge in [0.25, 0.3) is 22.9 Å². The van der Waals surface area contributed by atoms with E-state index in [-0.39, 0.29) is 5.76 Å². The molecule has 0 radical (unpaired) electrons. The smallest absolute Gasteiger partial charge is 0.425 e. The van der Waals surface area contributed by atoms with Gasteiger partial charge in [0, 0.05) is 0 Å². The Bertz CT molecular complexity index is 1340. The van der Waals surface area contributed by atoms with Gasteiger partial charge in [-0.2, -0.15) is 13.2 Å². The van der Waals surface area contributed by atoms with Crippen molar-refractivity contribution >= 4 is 17.6 Å². The summed E-state index contributed by atoms with van der Waals surface area (Å²) in [5, 5.41) is 3.33. The fourth-order valence-corrected chi connectivity index (χ4v) is 3.42. The Morgan fingerprint density at radius 2 is 1.84 bits per heavy atom. The number of alkyl halides is 3. The first-order chi connectivity index (χ1) is 15.1. The molecule has 1 unspecified atom stereocenters. The van der Waals surface area contributed by atoms with Crippen LogP contribution in [0.3, 0.4) is 0 Å². The van der Waals surface area contributed by atoms with E-state index in [0.717, 1.165) is 12.1 Å². The molecule has 0 saturated heterocycles. The van der Waals surface area contributed by atoms with Crippen molar-refractivity contribution in [1.29, 1.82) is 0 Å². The lowest BCUT2D eigenvalue weighted by atomic mass is 9.91. The van der Waals surface area contributed by atoms with E-state index in [1.165, 1.54) is 35.8 Å². The Kier molecular flexibility index (Phi) is 4.75. The first-order valence-electron chi connectivity index (χ1n) is 8.91. The van der Waals surface area contributed by atoms with Gasteiger partial charge in [-0.1, -0.05) is 12.1 Å². The second kappa shape index (κ2) is 7.21. The number of hydrogen-bond acceptors (Lipinski definition) is 5. The number of carbonyl (C=O) groups is 2. The van der Waals surface area contributed by atoms with Crippen LogP contribution in [0.2, 0.25) is 0 Å². The molecule has 3 N–H and O–H groups in total. The summed E-state index contributed by atoms with van der Waals surface area (Å²) < 4.78 is 62.5. The summed E-state index contributed by atoms with van der Waals surface area (Å²) in [7, 11) is 0. The van der Waals surface area contributed by atoms with Crippen LogP contribution in [0, 0.1) is 5.82 Å². The molecule has 0 bridgehead atoms. The molecule has 0 aliphatic carbocycles. The van der Waals surface area contributed by atoms with Crippen LogP contribution in [-0.2, 0) is 16.9 Å². The molecule has 166 valence electrons. The number of amides is 2. The molecule has 0 fully saturated rings. The molecule has 1 aliphatic rings. The quantitative estimate of drug-likeness (QED) is 0.517. The fraction of sp³-hybridized carbons (Fsp3) is 0.158. The Labute approximate surface area is 174 Å². The molecule has 9 nitrogen and oxygen atoms in total. The molecule has 4 rings (SSSR count). The van der Waals surface area contributed by atoms with Gasteiger partial charge >= 0.3 is 11.9 Å². The molecule has 1 atom stereocenters. The maximum atomic E-state index is 14.3. The molecule has 13 heteroatoms. The van der Waals surface area contributed by atoms with Crippen molar-refractivity contribution in [2.45, 2.75) is 18.3 Å². The Hall–Kier alpha value is -4.16. The number of halogens is 4. The summed E-state index contributed by atoms with van der Waals surface area (Å²) in [6, 6.07) is 7.03. The zero-order chi connectivity index (χ0) is 23.3. The molecule has 1 aromatic carbocycles. The van der Waals surface area contributed by atoms with Crippen LogP contribution < -0.4 is 21.9 Å². The maximum absolute atomic E-state index is 14.3. The van der Waals surface area contributed by atoms with E-state index in [4.69, 9.17) is 4.42 Å². The third kappa shape index (κ3) is 3.09. The molecule has 0 spiro atoms. The van der Waals surface area contributed by atoms with E-state index in [2.05, 4.69) is 0 Å². The number of carbonyl (C=O) groups excluding carboxylic acids is 2. The van der Waals surface area contributed by atoms with Crippen LogP contribution in [0.5, 0.6) is 0 Å². The SMILES string of the molecule is O=C(NC1(C(F)(F)F)C(=O)Nc2c1c(=O)[nH]c(=O)n2Cc1ccco1)c1ccccc1F. The lowest BCUT2D eigenvalue weighted by molar-refractivity contribution is -0.196. The molecular weight excluding hydrogens is 440 g/mol. The molecule has 32 heavy (non-hydrogen) atoms. The van der Waals surface area contributed by atoms with E-state index in [1.54, 1.807) is 4.98 Å². The number of benzene rings is 1. The molecule has 3 aromatic rings. The number of fused-ring (bicyclic) bond motifs is 1. The number of aromatic nitrogens is 2. The largest absolute Gasteiger partial charge is 0.467 e. The van der Waals surface area contributed by atoms with Crippen LogP contribution in [0.1, 0.15) is 21.7 Å². The summed E-state index contributed by atoms with van der Waals surface area (Å²) in [5.74, 6) is -5.21. The fourth-order valence-electron chi connectivity index (χ4n) is 3.42. The lowest BCUT2D eigenvalue weighted by Gasteiger charge is -2.30. The highest BCUT2D eigenvalue weighted by Gasteiger charge is 2.68. The summed E-state index contributed by atoms with van der Waals surface area (Å²) in [6.07, 6.45) is -4.29. The molecule has 2 amide bonds. The van der Waals surface area contributed by atoms with Gasteiger partial charge < -0.3 is 15.1 Å². The van der Waals surface area contributed by atoms with Gasteiger partial charge in [0.2, 0.25) is 0 Å². The highest BCUT2D eigenvalue weighted by Crippen LogP contribution is 2.45. The van der Waals surface area contributed by atoms with E-state index in [9.17, 15) is 36.7 Å². The van der Waals surface area contributed by atoms with Crippen molar-refractivity contribution in [3.05, 3.63) is 86.2 Å². The molecule has 3 heterocycles. The standard InChI is InChI=1S/C19H12F4N4O5/c20-11-6-2-1-5-10(11)14(28)26-18(19(21,22)23)12-13(24-16(18)30)27(17(31)25-15(12)29)8-9-4-3-7-32-9/h1-7H,8H2,(H,24,30)(H,26,28)(H,25,29,31). The number of H-pyrrole nitrogens is 1. The van der Waals surface area contributed by atoms with Gasteiger partial charge in [0.1, 0.15) is 23.0 Å². The average Bonchev–Trinajstić information content (AvgIpc) is 3.32. The van der Waals surface area contributed by atoms with Crippen molar-refractivity contribution < 1.29 is 31.6 Å². The number of nitrogens with zero attached hydrogens (tertiary/aromatic N) is 1. The van der Waals surface area contributed by atoms with Crippen molar-refractivity contribution in [2.75, 3.05) is 5.32 Å². The molecule has 1 aliphatic heterocycles. The first-order valence-corrected chi connectivity index (χ1v) is 8.91. The molecule has 0 saturated carbocycles. The number of aromatic amines is 1. The monoisotopic (exact) mass is 452 g/mol. The van der Waals surface area contributed by atoms with Crippen molar-refractivity contribution in [3.63, 3.8) is 0 Å². The number of furan rings is 1. The molecule has 2 aromatic heterocycles. The average molecular weight is 452 g/mol. The zero-order valence-corrected chi connectivity index (χ0v) is 15.7. The number of nitrogens with one attached hydrogen (secondary N) is 3. The van der Waals surface area contributed by atoms with Gasteiger partial charge in [-0.25, -0.2) is 9.18 Å². The van der Waals surface area contributed by atoms with Crippen molar-refractivity contribution in [2.24, 2.45) is 0 Å². The first kappa shape index (κ1) is 21.1. The lowest BCUT2D eigenvalue weighted by Crippen LogP contribution is -2.62. The Balaban J connectivity index is 1.92. The van der Waals surface area contributed by atoms with E-state index >= 15 is 0 Å². The third-order valence-corrected chi connectivity index (χ3v) is 4.89. The highest BCUT2D eigenvalue weighted by molar-refractivity contribution is 6.09. The normalized spacial score (nSPS) is 17.7. The van der Waals surface area contributed by atoms with Gasteiger partial charge in [-0.15, -0.1) is 0 Å². The predicted octanol–water partition coefficient (Wildman–Crippen LogP) is 1.46.